The first-order chi connectivity index (χ1) is 14.6. The number of methoxy groups -OCH3 is 2. The van der Waals surface area contributed by atoms with Crippen molar-refractivity contribution in [1.29, 1.82) is 0 Å². The van der Waals surface area contributed by atoms with Crippen LogP contribution in [0.1, 0.15) is 48.9 Å². The van der Waals surface area contributed by atoms with Crippen molar-refractivity contribution in [3.8, 4) is 11.5 Å². The van der Waals surface area contributed by atoms with Gasteiger partial charge in [-0.15, -0.1) is 0 Å². The molecule has 2 N–H and O–H groups in total. The van der Waals surface area contributed by atoms with Gasteiger partial charge in [0, 0.05) is 18.7 Å². The minimum absolute atomic E-state index is 0.208. The summed E-state index contributed by atoms with van der Waals surface area (Å²) in [5.74, 6) is 1.45. The number of benzene rings is 2. The molecule has 0 bridgehead atoms. The molecule has 6 heteroatoms. The average Bonchev–Trinajstić information content (AvgIpc) is 2.78. The number of hydrogen-bond acceptors (Lipinski definition) is 4. The molecule has 0 radical (unpaired) electrons. The third-order valence-corrected chi connectivity index (χ3v) is 5.65. The van der Waals surface area contributed by atoms with Crippen LogP contribution in [0.5, 0.6) is 11.5 Å². The van der Waals surface area contributed by atoms with Gasteiger partial charge in [0.25, 0.3) is 0 Å². The molecule has 0 saturated carbocycles. The van der Waals surface area contributed by atoms with Gasteiger partial charge < -0.3 is 20.1 Å². The van der Waals surface area contributed by atoms with Gasteiger partial charge >= 0.3 is 6.03 Å². The van der Waals surface area contributed by atoms with Crippen LogP contribution >= 0.6 is 0 Å². The van der Waals surface area contributed by atoms with E-state index in [1.165, 1.54) is 24.8 Å². The Morgan fingerprint density at radius 3 is 2.47 bits per heavy atom. The maximum absolute atomic E-state index is 12.6. The number of urea groups is 1. The van der Waals surface area contributed by atoms with E-state index >= 15 is 0 Å². The Kier molecular flexibility index (Phi) is 7.97. The van der Waals surface area contributed by atoms with Gasteiger partial charge in [-0.3, -0.25) is 4.90 Å². The van der Waals surface area contributed by atoms with Crippen molar-refractivity contribution < 1.29 is 14.3 Å². The Balaban J connectivity index is 1.58. The molecule has 6 nitrogen and oxygen atoms in total. The summed E-state index contributed by atoms with van der Waals surface area (Å²) in [6, 6.07) is 13.5. The fourth-order valence-electron chi connectivity index (χ4n) is 3.92. The number of nitrogens with one attached hydrogen (secondary N) is 2. The Hall–Kier alpha value is -2.73. The van der Waals surface area contributed by atoms with Crippen molar-refractivity contribution in [3.05, 3.63) is 59.2 Å². The lowest BCUT2D eigenvalue weighted by Crippen LogP contribution is -2.37. The topological polar surface area (TPSA) is 62.8 Å². The van der Waals surface area contributed by atoms with Crippen molar-refractivity contribution in [2.75, 3.05) is 27.3 Å². The van der Waals surface area contributed by atoms with Crippen LogP contribution in [0.25, 0.3) is 0 Å². The molecule has 2 amide bonds. The first-order valence-corrected chi connectivity index (χ1v) is 10.7. The Labute approximate surface area is 179 Å². The smallest absolute Gasteiger partial charge is 0.315 e. The summed E-state index contributed by atoms with van der Waals surface area (Å²) in [6.07, 6.45) is 3.87. The summed E-state index contributed by atoms with van der Waals surface area (Å²) in [4.78, 5) is 15.1. The SMILES string of the molecule is COc1ccc(OC)c(C(C)NC(=O)NCc2ccccc2CN2CCCCC2)c1. The molecule has 0 aliphatic carbocycles. The maximum atomic E-state index is 12.6. The highest BCUT2D eigenvalue weighted by Crippen LogP contribution is 2.29. The van der Waals surface area contributed by atoms with E-state index in [4.69, 9.17) is 9.47 Å². The van der Waals surface area contributed by atoms with Crippen LogP contribution < -0.4 is 20.1 Å². The fraction of sp³-hybridized carbons (Fsp3) is 0.458. The summed E-state index contributed by atoms with van der Waals surface area (Å²) in [5.41, 5.74) is 3.31. The summed E-state index contributed by atoms with van der Waals surface area (Å²) < 4.78 is 10.7. The van der Waals surface area contributed by atoms with E-state index in [-0.39, 0.29) is 12.1 Å². The third-order valence-electron chi connectivity index (χ3n) is 5.65. The Bertz CT molecular complexity index is 834. The van der Waals surface area contributed by atoms with Gasteiger partial charge in [0.15, 0.2) is 0 Å². The van der Waals surface area contributed by atoms with Crippen molar-refractivity contribution in [3.63, 3.8) is 0 Å². The number of rotatable bonds is 8. The zero-order valence-corrected chi connectivity index (χ0v) is 18.2. The molecule has 1 aliphatic heterocycles. The van der Waals surface area contributed by atoms with Crippen molar-refractivity contribution >= 4 is 6.03 Å². The first-order valence-electron chi connectivity index (χ1n) is 10.7. The predicted octanol–water partition coefficient (Wildman–Crippen LogP) is 4.25. The van der Waals surface area contributed by atoms with Crippen LogP contribution in [-0.4, -0.2) is 38.2 Å². The zero-order valence-electron chi connectivity index (χ0n) is 18.2. The van der Waals surface area contributed by atoms with E-state index in [0.717, 1.165) is 42.3 Å². The quantitative estimate of drug-likeness (QED) is 0.682. The normalized spacial score (nSPS) is 15.3. The molecular formula is C24H33N3O3. The van der Waals surface area contributed by atoms with Crippen molar-refractivity contribution in [1.82, 2.24) is 15.5 Å². The van der Waals surface area contributed by atoms with Crippen LogP contribution in [0.3, 0.4) is 0 Å². The molecule has 1 fully saturated rings. The van der Waals surface area contributed by atoms with E-state index in [1.54, 1.807) is 14.2 Å². The van der Waals surface area contributed by atoms with Crippen LogP contribution in [0.2, 0.25) is 0 Å². The number of likely N-dealkylation sites (tertiary alicyclic amines) is 1. The summed E-state index contributed by atoms with van der Waals surface area (Å²) in [6.45, 7) is 5.68. The molecule has 0 aromatic heterocycles. The highest BCUT2D eigenvalue weighted by molar-refractivity contribution is 5.74. The van der Waals surface area contributed by atoms with Crippen molar-refractivity contribution in [2.45, 2.75) is 45.3 Å². The molecule has 1 unspecified atom stereocenters. The number of ether oxygens (including phenoxy) is 2. The standard InChI is InChI=1S/C24H33N3O3/c1-18(22-15-21(29-2)11-12-23(22)30-3)26-24(28)25-16-19-9-5-6-10-20(19)17-27-13-7-4-8-14-27/h5-6,9-12,15,18H,4,7-8,13-14,16-17H2,1-3H3,(H2,25,26,28). The third kappa shape index (κ3) is 5.89. The first kappa shape index (κ1) is 22.0. The van der Waals surface area contributed by atoms with Gasteiger partial charge in [0.2, 0.25) is 0 Å². The highest BCUT2D eigenvalue weighted by Gasteiger charge is 2.16. The molecule has 30 heavy (non-hydrogen) atoms. The number of amides is 2. The molecule has 0 spiro atoms. The molecular weight excluding hydrogens is 378 g/mol. The number of carbonyl (C=O) groups is 1. The highest BCUT2D eigenvalue weighted by atomic mass is 16.5. The summed E-state index contributed by atoms with van der Waals surface area (Å²) in [5, 5.41) is 6.00. The molecule has 1 aliphatic rings. The lowest BCUT2D eigenvalue weighted by Gasteiger charge is -2.27. The molecule has 2 aromatic carbocycles. The fourth-order valence-corrected chi connectivity index (χ4v) is 3.92. The van der Waals surface area contributed by atoms with Crippen LogP contribution in [0.15, 0.2) is 42.5 Å². The molecule has 162 valence electrons. The van der Waals surface area contributed by atoms with Gasteiger partial charge in [-0.05, 0) is 62.2 Å². The number of hydrogen-bond donors (Lipinski definition) is 2. The predicted molar refractivity (Wildman–Crippen MR) is 119 cm³/mol. The number of nitrogens with zero attached hydrogens (tertiary/aromatic N) is 1. The second-order valence-corrected chi connectivity index (χ2v) is 7.76. The number of piperidine rings is 1. The Morgan fingerprint density at radius 1 is 1.03 bits per heavy atom. The molecule has 2 aromatic rings. The van der Waals surface area contributed by atoms with E-state index in [2.05, 4.69) is 33.7 Å². The summed E-state index contributed by atoms with van der Waals surface area (Å²) >= 11 is 0. The second kappa shape index (κ2) is 10.9. The maximum Gasteiger partial charge on any atom is 0.315 e. The van der Waals surface area contributed by atoms with Gasteiger partial charge in [-0.1, -0.05) is 30.7 Å². The van der Waals surface area contributed by atoms with E-state index < -0.39 is 0 Å². The van der Waals surface area contributed by atoms with Gasteiger partial charge in [0.1, 0.15) is 11.5 Å². The Morgan fingerprint density at radius 2 is 1.77 bits per heavy atom. The number of carbonyl (C=O) groups excluding carboxylic acids is 1. The van der Waals surface area contributed by atoms with Gasteiger partial charge in [0.05, 0.1) is 20.3 Å². The van der Waals surface area contributed by atoms with E-state index in [9.17, 15) is 4.79 Å². The van der Waals surface area contributed by atoms with E-state index in [0.29, 0.717) is 6.54 Å². The zero-order chi connectivity index (χ0) is 21.3. The average molecular weight is 412 g/mol. The molecule has 1 heterocycles. The molecule has 1 saturated heterocycles. The van der Waals surface area contributed by atoms with E-state index in [1.807, 2.05) is 31.2 Å². The minimum atomic E-state index is -0.223. The van der Waals surface area contributed by atoms with Crippen molar-refractivity contribution in [2.24, 2.45) is 0 Å². The lowest BCUT2D eigenvalue weighted by atomic mass is 10.0. The van der Waals surface area contributed by atoms with Gasteiger partial charge in [-0.2, -0.15) is 0 Å². The monoisotopic (exact) mass is 411 g/mol. The van der Waals surface area contributed by atoms with Crippen LogP contribution in [0, 0.1) is 0 Å². The van der Waals surface area contributed by atoms with Crippen LogP contribution in [0.4, 0.5) is 4.79 Å². The molecule has 1 atom stereocenters. The second-order valence-electron chi connectivity index (χ2n) is 7.76. The van der Waals surface area contributed by atoms with Gasteiger partial charge in [-0.25, -0.2) is 4.79 Å². The lowest BCUT2D eigenvalue weighted by molar-refractivity contribution is 0.220. The summed E-state index contributed by atoms with van der Waals surface area (Å²) in [7, 11) is 3.25. The minimum Gasteiger partial charge on any atom is -0.497 e. The molecule has 3 rings (SSSR count). The largest absolute Gasteiger partial charge is 0.497 e. The van der Waals surface area contributed by atoms with Crippen LogP contribution in [-0.2, 0) is 13.1 Å².